The second-order valence-corrected chi connectivity index (χ2v) is 8.56. The van der Waals surface area contributed by atoms with Gasteiger partial charge in [-0.15, -0.1) is 0 Å². The van der Waals surface area contributed by atoms with Crippen molar-refractivity contribution in [3.05, 3.63) is 0 Å². The van der Waals surface area contributed by atoms with Gasteiger partial charge in [-0.1, -0.05) is 19.8 Å². The van der Waals surface area contributed by atoms with E-state index in [-0.39, 0.29) is 0 Å². The Morgan fingerprint density at radius 1 is 1.08 bits per heavy atom. The van der Waals surface area contributed by atoms with Crippen LogP contribution in [0.15, 0.2) is 4.99 Å². The number of aliphatic imine (C=N–C) groups is 1. The van der Waals surface area contributed by atoms with Crippen LogP contribution < -0.4 is 5.32 Å². The van der Waals surface area contributed by atoms with Crippen molar-refractivity contribution in [2.24, 2.45) is 16.8 Å². The first-order valence-corrected chi connectivity index (χ1v) is 10.9. The molecule has 0 radical (unpaired) electrons. The molecule has 0 spiro atoms. The molecule has 150 valence electrons. The zero-order valence-corrected chi connectivity index (χ0v) is 16.9. The number of rotatable bonds is 5. The Morgan fingerprint density at radius 2 is 1.85 bits per heavy atom. The first-order chi connectivity index (χ1) is 12.7. The molecule has 0 aromatic rings. The van der Waals surface area contributed by atoms with Crippen LogP contribution in [0.2, 0.25) is 0 Å². The topological polar surface area (TPSA) is 46.1 Å². The first-order valence-electron chi connectivity index (χ1n) is 10.9. The predicted molar refractivity (Wildman–Crippen MR) is 107 cm³/mol. The molecule has 2 aliphatic heterocycles. The number of nitrogens with one attached hydrogen (secondary N) is 1. The van der Waals surface area contributed by atoms with Crippen molar-refractivity contribution >= 4 is 5.96 Å². The summed E-state index contributed by atoms with van der Waals surface area (Å²) in [6.45, 7) is 7.23. The van der Waals surface area contributed by atoms with Gasteiger partial charge in [-0.25, -0.2) is 0 Å². The van der Waals surface area contributed by atoms with E-state index >= 15 is 0 Å². The minimum absolute atomic E-state index is 0.328. The summed E-state index contributed by atoms with van der Waals surface area (Å²) in [6.07, 6.45) is 12.1. The van der Waals surface area contributed by atoms with Crippen molar-refractivity contribution in [1.82, 2.24) is 10.2 Å². The minimum atomic E-state index is 0.328. The average Bonchev–Trinajstić information content (AvgIpc) is 2.70. The molecule has 1 atom stereocenters. The number of hydrogen-bond donors (Lipinski definition) is 1. The lowest BCUT2D eigenvalue weighted by atomic mass is 9.83. The average molecular weight is 366 g/mol. The molecule has 1 unspecified atom stereocenters. The maximum atomic E-state index is 6.14. The fraction of sp³-hybridized carbons (Fsp3) is 0.952. The van der Waals surface area contributed by atoms with E-state index in [2.05, 4.69) is 22.1 Å². The highest BCUT2D eigenvalue weighted by Crippen LogP contribution is 2.27. The first kappa shape index (κ1) is 19.9. The fourth-order valence-electron chi connectivity index (χ4n) is 4.52. The molecule has 3 fully saturated rings. The molecule has 1 aliphatic carbocycles. The van der Waals surface area contributed by atoms with Crippen molar-refractivity contribution in [3.8, 4) is 0 Å². The van der Waals surface area contributed by atoms with E-state index < -0.39 is 0 Å². The van der Waals surface area contributed by atoms with Crippen LogP contribution in [0, 0.1) is 11.8 Å². The van der Waals surface area contributed by atoms with Gasteiger partial charge in [0, 0.05) is 33.3 Å². The van der Waals surface area contributed by atoms with Crippen molar-refractivity contribution in [3.63, 3.8) is 0 Å². The largest absolute Gasteiger partial charge is 0.376 e. The molecular formula is C21H39N3O2. The van der Waals surface area contributed by atoms with Crippen LogP contribution in [-0.4, -0.2) is 63.0 Å². The van der Waals surface area contributed by atoms with Crippen molar-refractivity contribution in [1.29, 1.82) is 0 Å². The van der Waals surface area contributed by atoms with Gasteiger partial charge in [-0.3, -0.25) is 4.99 Å². The Morgan fingerprint density at radius 3 is 2.50 bits per heavy atom. The van der Waals surface area contributed by atoms with E-state index in [4.69, 9.17) is 9.47 Å². The predicted octanol–water partition coefficient (Wildman–Crippen LogP) is 3.44. The van der Waals surface area contributed by atoms with Crippen LogP contribution in [0.25, 0.3) is 0 Å². The third kappa shape index (κ3) is 6.12. The highest BCUT2D eigenvalue weighted by atomic mass is 16.5. The third-order valence-corrected chi connectivity index (χ3v) is 6.43. The summed E-state index contributed by atoms with van der Waals surface area (Å²) in [5, 5.41) is 3.64. The number of hydrogen-bond acceptors (Lipinski definition) is 3. The van der Waals surface area contributed by atoms with E-state index in [9.17, 15) is 0 Å². The Balaban J connectivity index is 1.33. The van der Waals surface area contributed by atoms with Crippen LogP contribution in [0.5, 0.6) is 0 Å². The lowest BCUT2D eigenvalue weighted by Gasteiger charge is -2.35. The minimum Gasteiger partial charge on any atom is -0.376 e. The Bertz CT molecular complexity index is 421. The summed E-state index contributed by atoms with van der Waals surface area (Å²) >= 11 is 0. The molecule has 26 heavy (non-hydrogen) atoms. The van der Waals surface area contributed by atoms with Gasteiger partial charge in [-0.05, 0) is 56.8 Å². The monoisotopic (exact) mass is 365 g/mol. The van der Waals surface area contributed by atoms with E-state index in [0.29, 0.717) is 12.2 Å². The molecule has 0 bridgehead atoms. The lowest BCUT2D eigenvalue weighted by molar-refractivity contribution is -0.0721. The van der Waals surface area contributed by atoms with Gasteiger partial charge < -0.3 is 19.7 Å². The number of nitrogens with zero attached hydrogens (tertiary/aromatic N) is 2. The number of piperidine rings is 1. The molecule has 5 nitrogen and oxygen atoms in total. The summed E-state index contributed by atoms with van der Waals surface area (Å²) in [5.74, 6) is 2.82. The standard InChI is InChI=1S/C21H39N3O2/c1-17-6-8-18(9-7-17)15-23-21(22-2)24-12-10-19(11-13-24)26-16-20-5-3-4-14-25-20/h17-20H,3-16H2,1-2H3,(H,22,23). The summed E-state index contributed by atoms with van der Waals surface area (Å²) in [6, 6.07) is 0. The van der Waals surface area contributed by atoms with Gasteiger partial charge in [0.2, 0.25) is 0 Å². The molecule has 0 aromatic carbocycles. The van der Waals surface area contributed by atoms with E-state index in [0.717, 1.165) is 69.9 Å². The second kappa shape index (κ2) is 10.5. The highest BCUT2D eigenvalue weighted by molar-refractivity contribution is 5.79. The lowest BCUT2D eigenvalue weighted by Crippen LogP contribution is -2.48. The smallest absolute Gasteiger partial charge is 0.193 e. The third-order valence-electron chi connectivity index (χ3n) is 6.43. The van der Waals surface area contributed by atoms with Crippen molar-refractivity contribution < 1.29 is 9.47 Å². The van der Waals surface area contributed by atoms with Crippen LogP contribution in [0.1, 0.15) is 64.7 Å². The number of ether oxygens (including phenoxy) is 2. The quantitative estimate of drug-likeness (QED) is 0.599. The Kier molecular flexibility index (Phi) is 8.06. The molecular weight excluding hydrogens is 326 g/mol. The van der Waals surface area contributed by atoms with Gasteiger partial charge in [0.1, 0.15) is 0 Å². The summed E-state index contributed by atoms with van der Waals surface area (Å²) < 4.78 is 11.9. The van der Waals surface area contributed by atoms with Gasteiger partial charge in [0.15, 0.2) is 5.96 Å². The van der Waals surface area contributed by atoms with Gasteiger partial charge >= 0.3 is 0 Å². The van der Waals surface area contributed by atoms with Crippen molar-refractivity contribution in [2.45, 2.75) is 76.9 Å². The molecule has 0 amide bonds. The van der Waals surface area contributed by atoms with E-state index in [1.165, 1.54) is 38.5 Å². The van der Waals surface area contributed by atoms with Crippen LogP contribution in [0.4, 0.5) is 0 Å². The molecule has 3 rings (SSSR count). The van der Waals surface area contributed by atoms with Crippen LogP contribution >= 0.6 is 0 Å². The van der Waals surface area contributed by atoms with Gasteiger partial charge in [0.05, 0.1) is 18.8 Å². The summed E-state index contributed by atoms with van der Waals surface area (Å²) in [7, 11) is 1.91. The molecule has 2 heterocycles. The SMILES string of the molecule is CN=C(NCC1CCC(C)CC1)N1CCC(OCC2CCCCO2)CC1. The fourth-order valence-corrected chi connectivity index (χ4v) is 4.52. The number of likely N-dealkylation sites (tertiary alicyclic amines) is 1. The molecule has 5 heteroatoms. The summed E-state index contributed by atoms with van der Waals surface area (Å²) in [4.78, 5) is 6.93. The second-order valence-electron chi connectivity index (χ2n) is 8.56. The maximum Gasteiger partial charge on any atom is 0.193 e. The normalized spacial score (nSPS) is 31.8. The van der Waals surface area contributed by atoms with Crippen molar-refractivity contribution in [2.75, 3.05) is 39.9 Å². The van der Waals surface area contributed by atoms with Gasteiger partial charge in [-0.2, -0.15) is 0 Å². The van der Waals surface area contributed by atoms with E-state index in [1.807, 2.05) is 7.05 Å². The Hall–Kier alpha value is -0.810. The molecule has 0 aromatic heterocycles. The maximum absolute atomic E-state index is 6.14. The van der Waals surface area contributed by atoms with Crippen LogP contribution in [0.3, 0.4) is 0 Å². The highest BCUT2D eigenvalue weighted by Gasteiger charge is 2.24. The summed E-state index contributed by atoms with van der Waals surface area (Å²) in [5.41, 5.74) is 0. The van der Waals surface area contributed by atoms with E-state index in [1.54, 1.807) is 0 Å². The Labute approximate surface area is 159 Å². The molecule has 3 aliphatic rings. The molecule has 2 saturated heterocycles. The zero-order chi connectivity index (χ0) is 18.2. The van der Waals surface area contributed by atoms with Crippen LogP contribution in [-0.2, 0) is 9.47 Å². The zero-order valence-electron chi connectivity index (χ0n) is 16.9. The number of guanidine groups is 1. The molecule has 1 saturated carbocycles. The van der Waals surface area contributed by atoms with Gasteiger partial charge in [0.25, 0.3) is 0 Å². The molecule has 1 N–H and O–H groups in total.